The summed E-state index contributed by atoms with van der Waals surface area (Å²) in [6.45, 7) is 7.41. The molecule has 0 aromatic carbocycles. The van der Waals surface area contributed by atoms with Crippen molar-refractivity contribution in [2.24, 2.45) is 0 Å². The minimum absolute atomic E-state index is 0.199. The lowest BCUT2D eigenvalue weighted by molar-refractivity contribution is -0.144. The van der Waals surface area contributed by atoms with Gasteiger partial charge < -0.3 is 4.90 Å². The quantitative estimate of drug-likeness (QED) is 0.783. The highest BCUT2D eigenvalue weighted by Gasteiger charge is 2.47. The van der Waals surface area contributed by atoms with Gasteiger partial charge in [0, 0.05) is 18.1 Å². The van der Waals surface area contributed by atoms with Crippen molar-refractivity contribution in [3.05, 3.63) is 0 Å². The summed E-state index contributed by atoms with van der Waals surface area (Å²) < 4.78 is 0. The first kappa shape index (κ1) is 16.3. The minimum Gasteiger partial charge on any atom is -0.337 e. The summed E-state index contributed by atoms with van der Waals surface area (Å²) in [5.74, 6) is 0.383. The van der Waals surface area contributed by atoms with Gasteiger partial charge in [0.1, 0.15) is 0 Å². The fraction of sp³-hybridized carbons (Fsp3) is 0.944. The van der Waals surface area contributed by atoms with E-state index in [1.807, 2.05) is 0 Å². The van der Waals surface area contributed by atoms with E-state index < -0.39 is 0 Å². The van der Waals surface area contributed by atoms with E-state index >= 15 is 0 Å². The van der Waals surface area contributed by atoms with Crippen molar-refractivity contribution in [2.75, 3.05) is 39.8 Å². The van der Waals surface area contributed by atoms with Crippen LogP contribution in [-0.2, 0) is 4.79 Å². The predicted octanol–water partition coefficient (Wildman–Crippen LogP) is 2.34. The average Bonchev–Trinajstić information content (AvgIpc) is 2.76. The number of likely N-dealkylation sites (N-methyl/N-ethyl adjacent to an activating group) is 1. The lowest BCUT2D eigenvalue weighted by Gasteiger charge is -2.55. The van der Waals surface area contributed by atoms with E-state index in [0.717, 1.165) is 26.1 Å². The van der Waals surface area contributed by atoms with Gasteiger partial charge in [0.05, 0.1) is 6.54 Å². The second kappa shape index (κ2) is 6.88. The van der Waals surface area contributed by atoms with Crippen molar-refractivity contribution >= 4 is 5.91 Å². The number of hydrogen-bond donors (Lipinski definition) is 0. The third-order valence-corrected chi connectivity index (χ3v) is 6.40. The van der Waals surface area contributed by atoms with Crippen molar-refractivity contribution in [1.82, 2.24) is 14.7 Å². The standard InChI is InChI=1S/C18H33N3O/c1-18-10-8-14-21(16(18)9-7-11-19(18)2)17(22)15-20-12-5-3-4-6-13-20/h16H,3-15H2,1-2H3/t16-,18-/m0/s1. The lowest BCUT2D eigenvalue weighted by atomic mass is 9.76. The highest BCUT2D eigenvalue weighted by atomic mass is 16.2. The Morgan fingerprint density at radius 3 is 2.45 bits per heavy atom. The molecule has 126 valence electrons. The molecular weight excluding hydrogens is 274 g/mol. The van der Waals surface area contributed by atoms with E-state index in [1.165, 1.54) is 51.5 Å². The van der Waals surface area contributed by atoms with E-state index in [0.29, 0.717) is 18.5 Å². The molecule has 0 unspecified atom stereocenters. The number of fused-ring (bicyclic) bond motifs is 1. The van der Waals surface area contributed by atoms with E-state index in [9.17, 15) is 4.79 Å². The first-order chi connectivity index (χ1) is 10.6. The monoisotopic (exact) mass is 307 g/mol. The zero-order valence-corrected chi connectivity index (χ0v) is 14.5. The van der Waals surface area contributed by atoms with Crippen molar-refractivity contribution in [1.29, 1.82) is 0 Å². The highest BCUT2D eigenvalue weighted by Crippen LogP contribution is 2.38. The Balaban J connectivity index is 1.66. The molecule has 3 fully saturated rings. The Hall–Kier alpha value is -0.610. The normalized spacial score (nSPS) is 35.0. The van der Waals surface area contributed by atoms with Gasteiger partial charge in [0.25, 0.3) is 0 Å². The molecule has 0 spiro atoms. The van der Waals surface area contributed by atoms with Crippen LogP contribution in [0.1, 0.15) is 58.3 Å². The van der Waals surface area contributed by atoms with Crippen molar-refractivity contribution in [3.63, 3.8) is 0 Å². The summed E-state index contributed by atoms with van der Waals surface area (Å²) in [7, 11) is 2.24. The zero-order valence-electron chi connectivity index (χ0n) is 14.5. The molecule has 4 heteroatoms. The molecule has 0 aromatic heterocycles. The number of rotatable bonds is 2. The number of piperidine rings is 2. The molecule has 22 heavy (non-hydrogen) atoms. The molecule has 0 aliphatic carbocycles. The first-order valence-corrected chi connectivity index (χ1v) is 9.34. The smallest absolute Gasteiger partial charge is 0.237 e. The van der Waals surface area contributed by atoms with Crippen LogP contribution in [-0.4, -0.2) is 72.0 Å². The molecule has 0 aromatic rings. The van der Waals surface area contributed by atoms with E-state index in [4.69, 9.17) is 0 Å². The van der Waals surface area contributed by atoms with Gasteiger partial charge >= 0.3 is 0 Å². The molecule has 3 saturated heterocycles. The largest absolute Gasteiger partial charge is 0.337 e. The molecule has 0 N–H and O–H groups in total. The van der Waals surface area contributed by atoms with E-state index in [1.54, 1.807) is 0 Å². The molecular formula is C18H33N3O. The second-order valence-corrected chi connectivity index (χ2v) is 7.82. The van der Waals surface area contributed by atoms with Gasteiger partial charge in [-0.2, -0.15) is 0 Å². The SMILES string of the molecule is CN1CCC[C@@H]2N(C(=O)CN3CCCCCC3)CCC[C@@]21C. The molecule has 3 aliphatic rings. The Bertz CT molecular complexity index is 392. The van der Waals surface area contributed by atoms with Gasteiger partial charge in [-0.05, 0) is 72.1 Å². The third-order valence-electron chi connectivity index (χ3n) is 6.40. The van der Waals surface area contributed by atoms with Crippen LogP contribution >= 0.6 is 0 Å². The highest BCUT2D eigenvalue weighted by molar-refractivity contribution is 5.79. The van der Waals surface area contributed by atoms with Gasteiger partial charge in [-0.25, -0.2) is 0 Å². The average molecular weight is 307 g/mol. The number of likely N-dealkylation sites (tertiary alicyclic amines) is 3. The summed E-state index contributed by atoms with van der Waals surface area (Å²) in [5, 5.41) is 0. The van der Waals surface area contributed by atoms with Crippen molar-refractivity contribution < 1.29 is 4.79 Å². The van der Waals surface area contributed by atoms with Crippen LogP contribution in [0.4, 0.5) is 0 Å². The van der Waals surface area contributed by atoms with Crippen molar-refractivity contribution in [3.8, 4) is 0 Å². The second-order valence-electron chi connectivity index (χ2n) is 7.82. The minimum atomic E-state index is 0.199. The number of carbonyl (C=O) groups is 1. The molecule has 0 radical (unpaired) electrons. The molecule has 3 aliphatic heterocycles. The molecule has 0 saturated carbocycles. The lowest BCUT2D eigenvalue weighted by Crippen LogP contribution is -2.66. The molecule has 3 rings (SSSR count). The van der Waals surface area contributed by atoms with Gasteiger partial charge in [-0.1, -0.05) is 12.8 Å². The number of hydrogen-bond acceptors (Lipinski definition) is 3. The van der Waals surface area contributed by atoms with Gasteiger partial charge in [0.15, 0.2) is 0 Å². The summed E-state index contributed by atoms with van der Waals surface area (Å²) in [4.78, 5) is 20.1. The fourth-order valence-electron chi connectivity index (χ4n) is 4.83. The fourth-order valence-corrected chi connectivity index (χ4v) is 4.83. The summed E-state index contributed by atoms with van der Waals surface area (Å²) in [5.41, 5.74) is 0.199. The maximum atomic E-state index is 12.9. The molecule has 3 heterocycles. The van der Waals surface area contributed by atoms with Crippen LogP contribution in [0.3, 0.4) is 0 Å². The number of nitrogens with zero attached hydrogens (tertiary/aromatic N) is 3. The first-order valence-electron chi connectivity index (χ1n) is 9.34. The van der Waals surface area contributed by atoms with Gasteiger partial charge in [-0.3, -0.25) is 14.6 Å². The maximum absolute atomic E-state index is 12.9. The maximum Gasteiger partial charge on any atom is 0.237 e. The van der Waals surface area contributed by atoms with Gasteiger partial charge in [-0.15, -0.1) is 0 Å². The summed E-state index contributed by atoms with van der Waals surface area (Å²) in [6, 6.07) is 0.430. The third kappa shape index (κ3) is 3.18. The number of amides is 1. The summed E-state index contributed by atoms with van der Waals surface area (Å²) >= 11 is 0. The number of carbonyl (C=O) groups excluding carboxylic acids is 1. The van der Waals surface area contributed by atoms with E-state index in [-0.39, 0.29) is 5.54 Å². The predicted molar refractivity (Wildman–Crippen MR) is 89.9 cm³/mol. The van der Waals surface area contributed by atoms with Crippen LogP contribution < -0.4 is 0 Å². The molecule has 1 amide bonds. The molecule has 4 nitrogen and oxygen atoms in total. The van der Waals surface area contributed by atoms with Crippen LogP contribution in [0.15, 0.2) is 0 Å². The van der Waals surface area contributed by atoms with Crippen LogP contribution in [0.2, 0.25) is 0 Å². The summed E-state index contributed by atoms with van der Waals surface area (Å²) in [6.07, 6.45) is 10.00. The Kier molecular flexibility index (Phi) is 5.08. The van der Waals surface area contributed by atoms with Crippen LogP contribution in [0.25, 0.3) is 0 Å². The zero-order chi connectivity index (χ0) is 15.6. The van der Waals surface area contributed by atoms with Crippen LogP contribution in [0.5, 0.6) is 0 Å². The van der Waals surface area contributed by atoms with E-state index in [2.05, 4.69) is 28.7 Å². The topological polar surface area (TPSA) is 26.8 Å². The Morgan fingerprint density at radius 1 is 1.00 bits per heavy atom. The Labute approximate surface area is 135 Å². The molecule has 0 bridgehead atoms. The van der Waals surface area contributed by atoms with Gasteiger partial charge in [0.2, 0.25) is 5.91 Å². The van der Waals surface area contributed by atoms with Crippen molar-refractivity contribution in [2.45, 2.75) is 69.9 Å². The van der Waals surface area contributed by atoms with Crippen LogP contribution in [0, 0.1) is 0 Å². The Morgan fingerprint density at radius 2 is 1.73 bits per heavy atom. The molecule has 2 atom stereocenters.